The van der Waals surface area contributed by atoms with Crippen molar-refractivity contribution >= 4 is 34.0 Å². The predicted molar refractivity (Wildman–Crippen MR) is 90.9 cm³/mol. The van der Waals surface area contributed by atoms with Crippen LogP contribution in [0.3, 0.4) is 0 Å². The summed E-state index contributed by atoms with van der Waals surface area (Å²) in [4.78, 5) is 24.5. The van der Waals surface area contributed by atoms with Crippen molar-refractivity contribution in [1.82, 2.24) is 15.0 Å². The fourth-order valence-corrected chi connectivity index (χ4v) is 2.64. The van der Waals surface area contributed by atoms with Crippen LogP contribution in [0, 0.1) is 11.3 Å². The number of carbonyl (C=O) groups excluding carboxylic acids is 1. The Kier molecular flexibility index (Phi) is 4.74. The van der Waals surface area contributed by atoms with Crippen LogP contribution in [0.1, 0.15) is 11.3 Å². The highest BCUT2D eigenvalue weighted by Gasteiger charge is 2.09. The van der Waals surface area contributed by atoms with E-state index in [1.165, 1.54) is 11.3 Å². The smallest absolute Gasteiger partial charge is 0.230 e. The molecular weight excluding hydrogens is 324 g/mol. The Hall–Kier alpha value is -3.31. The third-order valence-corrected chi connectivity index (χ3v) is 3.76. The van der Waals surface area contributed by atoms with E-state index in [2.05, 4.69) is 25.6 Å². The molecule has 3 rings (SSSR count). The number of nitriles is 1. The topological polar surface area (TPSA) is 104 Å². The normalized spacial score (nSPS) is 9.96. The number of rotatable bonds is 5. The van der Waals surface area contributed by atoms with E-state index in [0.717, 1.165) is 0 Å². The molecule has 0 fully saturated rings. The van der Waals surface area contributed by atoms with Gasteiger partial charge < -0.3 is 10.6 Å². The molecule has 118 valence electrons. The van der Waals surface area contributed by atoms with Crippen molar-refractivity contribution in [1.29, 1.82) is 5.26 Å². The molecule has 0 aliphatic carbocycles. The third kappa shape index (κ3) is 4.12. The Labute approximate surface area is 142 Å². The molecule has 1 aromatic carbocycles. The summed E-state index contributed by atoms with van der Waals surface area (Å²) in [5.74, 6) is 0.258. The van der Waals surface area contributed by atoms with Crippen LogP contribution in [0.25, 0.3) is 0 Å². The van der Waals surface area contributed by atoms with E-state index >= 15 is 0 Å². The van der Waals surface area contributed by atoms with Crippen molar-refractivity contribution in [3.63, 3.8) is 0 Å². The fourth-order valence-electron chi connectivity index (χ4n) is 1.94. The lowest BCUT2D eigenvalue weighted by atomic mass is 10.2. The highest BCUT2D eigenvalue weighted by Crippen LogP contribution is 2.19. The van der Waals surface area contributed by atoms with E-state index in [0.29, 0.717) is 28.0 Å². The SMILES string of the molecule is N#Cc1cccc(NC(=O)Cc2csc(Nc3ncccn3)n2)c1. The lowest BCUT2D eigenvalue weighted by Crippen LogP contribution is -2.14. The highest BCUT2D eigenvalue weighted by molar-refractivity contribution is 7.13. The average molecular weight is 336 g/mol. The number of thiazole rings is 1. The number of anilines is 3. The second kappa shape index (κ2) is 7.30. The molecule has 0 aliphatic rings. The molecule has 0 bridgehead atoms. The molecule has 0 saturated heterocycles. The minimum atomic E-state index is -0.196. The van der Waals surface area contributed by atoms with Crippen molar-refractivity contribution in [3.05, 3.63) is 59.4 Å². The number of amides is 1. The van der Waals surface area contributed by atoms with Crippen LogP contribution >= 0.6 is 11.3 Å². The molecule has 24 heavy (non-hydrogen) atoms. The number of nitrogens with zero attached hydrogens (tertiary/aromatic N) is 4. The van der Waals surface area contributed by atoms with Gasteiger partial charge in [-0.1, -0.05) is 6.07 Å². The van der Waals surface area contributed by atoms with Crippen LogP contribution in [-0.2, 0) is 11.2 Å². The number of hydrogen-bond acceptors (Lipinski definition) is 7. The van der Waals surface area contributed by atoms with Gasteiger partial charge in [-0.3, -0.25) is 4.79 Å². The summed E-state index contributed by atoms with van der Waals surface area (Å²) in [6.07, 6.45) is 3.41. The van der Waals surface area contributed by atoms with Gasteiger partial charge in [0.25, 0.3) is 0 Å². The lowest BCUT2D eigenvalue weighted by molar-refractivity contribution is -0.115. The summed E-state index contributed by atoms with van der Waals surface area (Å²) < 4.78 is 0. The van der Waals surface area contributed by atoms with Gasteiger partial charge in [0.15, 0.2) is 5.13 Å². The molecule has 0 spiro atoms. The Balaban J connectivity index is 1.60. The molecule has 0 radical (unpaired) electrons. The van der Waals surface area contributed by atoms with Gasteiger partial charge in [-0.05, 0) is 24.3 Å². The van der Waals surface area contributed by atoms with Gasteiger partial charge in [-0.25, -0.2) is 15.0 Å². The number of aromatic nitrogens is 3. The molecule has 1 amide bonds. The summed E-state index contributed by atoms with van der Waals surface area (Å²) in [7, 11) is 0. The number of benzene rings is 1. The first kappa shape index (κ1) is 15.6. The molecular formula is C16H12N6OS. The van der Waals surface area contributed by atoms with Crippen molar-refractivity contribution in [2.45, 2.75) is 6.42 Å². The molecule has 8 heteroatoms. The van der Waals surface area contributed by atoms with E-state index in [4.69, 9.17) is 5.26 Å². The molecule has 0 saturated carbocycles. The van der Waals surface area contributed by atoms with E-state index in [1.54, 1.807) is 48.1 Å². The van der Waals surface area contributed by atoms with Crippen molar-refractivity contribution in [2.75, 3.05) is 10.6 Å². The zero-order valence-electron chi connectivity index (χ0n) is 12.4. The monoisotopic (exact) mass is 336 g/mol. The number of hydrogen-bond donors (Lipinski definition) is 2. The molecule has 0 atom stereocenters. The highest BCUT2D eigenvalue weighted by atomic mass is 32.1. The molecule has 3 aromatic rings. The molecule has 7 nitrogen and oxygen atoms in total. The fraction of sp³-hybridized carbons (Fsp3) is 0.0625. The Morgan fingerprint density at radius 2 is 2.08 bits per heavy atom. The van der Waals surface area contributed by atoms with Gasteiger partial charge in [0.1, 0.15) is 0 Å². The summed E-state index contributed by atoms with van der Waals surface area (Å²) in [6.45, 7) is 0. The maximum Gasteiger partial charge on any atom is 0.230 e. The second-order valence-electron chi connectivity index (χ2n) is 4.76. The van der Waals surface area contributed by atoms with Gasteiger partial charge >= 0.3 is 0 Å². The van der Waals surface area contributed by atoms with E-state index in [9.17, 15) is 4.79 Å². The van der Waals surface area contributed by atoms with Crippen LogP contribution in [0.15, 0.2) is 48.1 Å². The Bertz CT molecular complexity index is 887. The van der Waals surface area contributed by atoms with Crippen molar-refractivity contribution in [2.24, 2.45) is 0 Å². The Morgan fingerprint density at radius 3 is 2.88 bits per heavy atom. The maximum absolute atomic E-state index is 12.1. The first-order chi connectivity index (χ1) is 11.7. The predicted octanol–water partition coefficient (Wildman–Crippen LogP) is 2.73. The summed E-state index contributed by atoms with van der Waals surface area (Å²) in [5.41, 5.74) is 1.73. The van der Waals surface area contributed by atoms with Gasteiger partial charge in [-0.2, -0.15) is 5.26 Å². The number of nitrogens with one attached hydrogen (secondary N) is 2. The maximum atomic E-state index is 12.1. The third-order valence-electron chi connectivity index (χ3n) is 2.95. The minimum Gasteiger partial charge on any atom is -0.326 e. The average Bonchev–Trinajstić information content (AvgIpc) is 3.02. The van der Waals surface area contributed by atoms with Gasteiger partial charge in [0.05, 0.1) is 23.7 Å². The second-order valence-corrected chi connectivity index (χ2v) is 5.62. The van der Waals surface area contributed by atoms with Crippen LogP contribution < -0.4 is 10.6 Å². The van der Waals surface area contributed by atoms with Crippen LogP contribution in [0.2, 0.25) is 0 Å². The Morgan fingerprint density at radius 1 is 1.25 bits per heavy atom. The molecule has 2 heterocycles. The van der Waals surface area contributed by atoms with Gasteiger partial charge in [-0.15, -0.1) is 11.3 Å². The van der Waals surface area contributed by atoms with E-state index in [1.807, 2.05) is 6.07 Å². The summed E-state index contributed by atoms with van der Waals surface area (Å²) in [6, 6.07) is 10.5. The van der Waals surface area contributed by atoms with E-state index in [-0.39, 0.29) is 12.3 Å². The summed E-state index contributed by atoms with van der Waals surface area (Å²) in [5, 5.41) is 17.0. The molecule has 0 aliphatic heterocycles. The van der Waals surface area contributed by atoms with E-state index < -0.39 is 0 Å². The minimum absolute atomic E-state index is 0.143. The number of carbonyl (C=O) groups is 1. The van der Waals surface area contributed by atoms with Crippen LogP contribution in [0.4, 0.5) is 16.8 Å². The standard InChI is InChI=1S/C16H12N6OS/c17-9-11-3-1-4-12(7-11)20-14(23)8-13-10-24-16(21-13)22-15-18-5-2-6-19-15/h1-7,10H,8H2,(H,20,23)(H,18,19,21,22). The zero-order valence-corrected chi connectivity index (χ0v) is 13.2. The van der Waals surface area contributed by atoms with Crippen LogP contribution in [0.5, 0.6) is 0 Å². The first-order valence-corrected chi connectivity index (χ1v) is 7.89. The largest absolute Gasteiger partial charge is 0.326 e. The molecule has 2 aromatic heterocycles. The zero-order chi connectivity index (χ0) is 16.8. The summed E-state index contributed by atoms with van der Waals surface area (Å²) >= 11 is 1.37. The lowest BCUT2D eigenvalue weighted by Gasteiger charge is -2.04. The van der Waals surface area contributed by atoms with Gasteiger partial charge in [0.2, 0.25) is 11.9 Å². The van der Waals surface area contributed by atoms with Crippen molar-refractivity contribution < 1.29 is 4.79 Å². The molecule has 2 N–H and O–H groups in total. The van der Waals surface area contributed by atoms with Gasteiger partial charge in [0, 0.05) is 23.5 Å². The first-order valence-electron chi connectivity index (χ1n) is 7.01. The molecule has 0 unspecified atom stereocenters. The van der Waals surface area contributed by atoms with Crippen molar-refractivity contribution in [3.8, 4) is 6.07 Å². The quantitative estimate of drug-likeness (QED) is 0.742. The van der Waals surface area contributed by atoms with Crippen LogP contribution in [-0.4, -0.2) is 20.9 Å².